The first kappa shape index (κ1) is 16.0. The third-order valence-electron chi connectivity index (χ3n) is 2.87. The van der Waals surface area contributed by atoms with Crippen molar-refractivity contribution in [3.05, 3.63) is 29.8 Å². The highest BCUT2D eigenvalue weighted by Gasteiger charge is 2.05. The number of methoxy groups -OCH3 is 1. The molecule has 0 aliphatic heterocycles. The first-order valence-electron chi connectivity index (χ1n) is 6.86. The Bertz CT molecular complexity index is 429. The molecular formula is C15H22N2O3. The standard InChI is InChI=1S/C15H22N2O3/c1-3-4-5-6-14(18)16-17-15(19)11-12-7-9-13(20-2)10-8-12/h7-10H,3-6,11H2,1-2H3,(H,16,18)(H,17,19). The lowest BCUT2D eigenvalue weighted by atomic mass is 10.1. The zero-order chi connectivity index (χ0) is 14.8. The van der Waals surface area contributed by atoms with Gasteiger partial charge in [-0.05, 0) is 24.1 Å². The average molecular weight is 278 g/mol. The fourth-order valence-electron chi connectivity index (χ4n) is 1.71. The molecule has 110 valence electrons. The summed E-state index contributed by atoms with van der Waals surface area (Å²) in [6.45, 7) is 2.08. The monoisotopic (exact) mass is 278 g/mol. The summed E-state index contributed by atoms with van der Waals surface area (Å²) in [6, 6.07) is 7.24. The van der Waals surface area contributed by atoms with Crippen LogP contribution in [0, 0.1) is 0 Å². The molecule has 0 aliphatic carbocycles. The molecule has 1 rings (SSSR count). The third kappa shape index (κ3) is 6.22. The Morgan fingerprint density at radius 3 is 2.30 bits per heavy atom. The van der Waals surface area contributed by atoms with E-state index in [0.717, 1.165) is 30.6 Å². The molecule has 0 saturated heterocycles. The summed E-state index contributed by atoms with van der Waals surface area (Å²) in [5.74, 6) is 0.360. The van der Waals surface area contributed by atoms with Crippen molar-refractivity contribution >= 4 is 11.8 Å². The number of hydrazine groups is 1. The number of hydrogen-bond donors (Lipinski definition) is 2. The van der Waals surface area contributed by atoms with E-state index in [4.69, 9.17) is 4.74 Å². The van der Waals surface area contributed by atoms with Crippen molar-refractivity contribution in [1.82, 2.24) is 10.9 Å². The van der Waals surface area contributed by atoms with Crippen LogP contribution in [-0.2, 0) is 16.0 Å². The van der Waals surface area contributed by atoms with Crippen LogP contribution in [0.3, 0.4) is 0 Å². The SMILES string of the molecule is CCCCCC(=O)NNC(=O)Cc1ccc(OC)cc1. The molecule has 0 heterocycles. The number of hydrogen-bond acceptors (Lipinski definition) is 3. The van der Waals surface area contributed by atoms with Gasteiger partial charge in [0.2, 0.25) is 11.8 Å². The van der Waals surface area contributed by atoms with Gasteiger partial charge in [-0.15, -0.1) is 0 Å². The van der Waals surface area contributed by atoms with Crippen LogP contribution < -0.4 is 15.6 Å². The van der Waals surface area contributed by atoms with Crippen LogP contribution in [0.1, 0.15) is 38.2 Å². The quantitative estimate of drug-likeness (QED) is 0.592. The highest BCUT2D eigenvalue weighted by atomic mass is 16.5. The molecule has 2 N–H and O–H groups in total. The number of benzene rings is 1. The summed E-state index contributed by atoms with van der Waals surface area (Å²) in [5, 5.41) is 0. The minimum atomic E-state index is -0.237. The lowest BCUT2D eigenvalue weighted by molar-refractivity contribution is -0.128. The smallest absolute Gasteiger partial charge is 0.242 e. The molecule has 0 aromatic heterocycles. The molecule has 0 unspecified atom stereocenters. The topological polar surface area (TPSA) is 67.4 Å². The molecule has 0 radical (unpaired) electrons. The number of ether oxygens (including phenoxy) is 1. The Morgan fingerprint density at radius 1 is 1.05 bits per heavy atom. The summed E-state index contributed by atoms with van der Waals surface area (Å²) >= 11 is 0. The molecule has 0 bridgehead atoms. The van der Waals surface area contributed by atoms with E-state index in [1.807, 2.05) is 12.1 Å². The molecule has 1 aromatic rings. The van der Waals surface area contributed by atoms with Gasteiger partial charge in [-0.25, -0.2) is 0 Å². The summed E-state index contributed by atoms with van der Waals surface area (Å²) in [4.78, 5) is 23.1. The van der Waals surface area contributed by atoms with Crippen LogP contribution >= 0.6 is 0 Å². The summed E-state index contributed by atoms with van der Waals surface area (Å²) in [6.07, 6.45) is 3.59. The summed E-state index contributed by atoms with van der Waals surface area (Å²) in [5.41, 5.74) is 5.70. The molecule has 0 atom stereocenters. The van der Waals surface area contributed by atoms with Crippen molar-refractivity contribution < 1.29 is 14.3 Å². The van der Waals surface area contributed by atoms with Gasteiger partial charge in [0.25, 0.3) is 0 Å². The van der Waals surface area contributed by atoms with E-state index in [1.165, 1.54) is 0 Å². The number of carbonyl (C=O) groups is 2. The maximum Gasteiger partial charge on any atom is 0.242 e. The average Bonchev–Trinajstić information content (AvgIpc) is 2.46. The Morgan fingerprint density at radius 2 is 1.70 bits per heavy atom. The van der Waals surface area contributed by atoms with Gasteiger partial charge >= 0.3 is 0 Å². The van der Waals surface area contributed by atoms with Crippen LogP contribution in [0.25, 0.3) is 0 Å². The van der Waals surface area contributed by atoms with E-state index in [2.05, 4.69) is 17.8 Å². The second-order valence-corrected chi connectivity index (χ2v) is 4.58. The number of carbonyl (C=O) groups excluding carboxylic acids is 2. The lowest BCUT2D eigenvalue weighted by Crippen LogP contribution is -2.42. The second kappa shape index (κ2) is 8.96. The molecule has 2 amide bonds. The predicted octanol–water partition coefficient (Wildman–Crippen LogP) is 1.97. The van der Waals surface area contributed by atoms with Gasteiger partial charge in [-0.3, -0.25) is 20.4 Å². The van der Waals surface area contributed by atoms with E-state index in [9.17, 15) is 9.59 Å². The van der Waals surface area contributed by atoms with Gasteiger partial charge in [0.05, 0.1) is 13.5 Å². The molecule has 0 fully saturated rings. The highest BCUT2D eigenvalue weighted by molar-refractivity contribution is 5.83. The molecule has 1 aromatic carbocycles. The highest BCUT2D eigenvalue weighted by Crippen LogP contribution is 2.11. The van der Waals surface area contributed by atoms with Crippen molar-refractivity contribution in [2.24, 2.45) is 0 Å². The lowest BCUT2D eigenvalue weighted by Gasteiger charge is -2.07. The van der Waals surface area contributed by atoms with Crippen molar-refractivity contribution in [3.8, 4) is 5.75 Å². The minimum Gasteiger partial charge on any atom is -0.497 e. The van der Waals surface area contributed by atoms with E-state index < -0.39 is 0 Å². The van der Waals surface area contributed by atoms with Crippen LogP contribution in [-0.4, -0.2) is 18.9 Å². The van der Waals surface area contributed by atoms with Crippen molar-refractivity contribution in [2.75, 3.05) is 7.11 Å². The van der Waals surface area contributed by atoms with E-state index in [-0.39, 0.29) is 18.2 Å². The molecule has 0 spiro atoms. The van der Waals surface area contributed by atoms with Crippen molar-refractivity contribution in [1.29, 1.82) is 0 Å². The van der Waals surface area contributed by atoms with E-state index in [0.29, 0.717) is 6.42 Å². The predicted molar refractivity (Wildman–Crippen MR) is 77.1 cm³/mol. The van der Waals surface area contributed by atoms with Gasteiger partial charge in [0.15, 0.2) is 0 Å². The van der Waals surface area contributed by atoms with Crippen LogP contribution in [0.5, 0.6) is 5.75 Å². The maximum atomic E-state index is 11.6. The van der Waals surface area contributed by atoms with Gasteiger partial charge < -0.3 is 4.74 Å². The molecule has 0 saturated carbocycles. The summed E-state index contributed by atoms with van der Waals surface area (Å²) in [7, 11) is 1.59. The Balaban J connectivity index is 2.27. The first-order chi connectivity index (χ1) is 9.65. The van der Waals surface area contributed by atoms with E-state index in [1.54, 1.807) is 19.2 Å². The van der Waals surface area contributed by atoms with Gasteiger partial charge in [-0.2, -0.15) is 0 Å². The number of nitrogens with one attached hydrogen (secondary N) is 2. The third-order valence-corrected chi connectivity index (χ3v) is 2.87. The van der Waals surface area contributed by atoms with Gasteiger partial charge in [0.1, 0.15) is 5.75 Å². The number of unbranched alkanes of at least 4 members (excludes halogenated alkanes) is 2. The largest absolute Gasteiger partial charge is 0.497 e. The normalized spacial score (nSPS) is 9.90. The molecule has 20 heavy (non-hydrogen) atoms. The zero-order valence-electron chi connectivity index (χ0n) is 12.1. The molecular weight excluding hydrogens is 256 g/mol. The maximum absolute atomic E-state index is 11.6. The minimum absolute atomic E-state index is 0.151. The van der Waals surface area contributed by atoms with Crippen LogP contribution in [0.2, 0.25) is 0 Å². The Labute approximate surface area is 119 Å². The second-order valence-electron chi connectivity index (χ2n) is 4.58. The van der Waals surface area contributed by atoms with Crippen LogP contribution in [0.4, 0.5) is 0 Å². The van der Waals surface area contributed by atoms with Gasteiger partial charge in [0, 0.05) is 6.42 Å². The fourth-order valence-corrected chi connectivity index (χ4v) is 1.71. The molecule has 5 nitrogen and oxygen atoms in total. The molecule has 0 aliphatic rings. The Kier molecular flexibility index (Phi) is 7.17. The Hall–Kier alpha value is -2.04. The summed E-state index contributed by atoms with van der Waals surface area (Å²) < 4.78 is 5.04. The van der Waals surface area contributed by atoms with Crippen molar-refractivity contribution in [3.63, 3.8) is 0 Å². The number of amides is 2. The van der Waals surface area contributed by atoms with Gasteiger partial charge in [-0.1, -0.05) is 31.9 Å². The zero-order valence-corrected chi connectivity index (χ0v) is 12.1. The number of rotatable bonds is 7. The fraction of sp³-hybridized carbons (Fsp3) is 0.467. The van der Waals surface area contributed by atoms with Crippen molar-refractivity contribution in [2.45, 2.75) is 39.0 Å². The van der Waals surface area contributed by atoms with Crippen LogP contribution in [0.15, 0.2) is 24.3 Å². The van der Waals surface area contributed by atoms with E-state index >= 15 is 0 Å². The first-order valence-corrected chi connectivity index (χ1v) is 6.86. The molecule has 5 heteroatoms.